The van der Waals surface area contributed by atoms with Crippen molar-refractivity contribution in [1.82, 2.24) is 10.6 Å². The molecule has 0 saturated heterocycles. The zero-order valence-electron chi connectivity index (χ0n) is 11.5. The first-order valence-electron chi connectivity index (χ1n) is 7.20. The predicted octanol–water partition coefficient (Wildman–Crippen LogP) is 1.07. The maximum absolute atomic E-state index is 11.5. The van der Waals surface area contributed by atoms with Crippen LogP contribution in [0.4, 0.5) is 0 Å². The molecule has 0 aromatic heterocycles. The van der Waals surface area contributed by atoms with Gasteiger partial charge in [0.25, 0.3) is 0 Å². The maximum atomic E-state index is 11.5. The van der Waals surface area contributed by atoms with Crippen molar-refractivity contribution in [3.8, 4) is 11.5 Å². The van der Waals surface area contributed by atoms with Crippen LogP contribution in [-0.4, -0.2) is 32.2 Å². The van der Waals surface area contributed by atoms with Crippen LogP contribution in [0, 0.1) is 5.92 Å². The molecule has 0 spiro atoms. The average molecular weight is 276 g/mol. The number of hydrogen-bond donors (Lipinski definition) is 2. The van der Waals surface area contributed by atoms with Gasteiger partial charge in [0, 0.05) is 31.1 Å². The Kier molecular flexibility index (Phi) is 4.06. The van der Waals surface area contributed by atoms with Gasteiger partial charge in [-0.3, -0.25) is 4.79 Å². The van der Waals surface area contributed by atoms with Gasteiger partial charge in [-0.25, -0.2) is 0 Å². The van der Waals surface area contributed by atoms with Gasteiger partial charge < -0.3 is 20.1 Å². The van der Waals surface area contributed by atoms with Gasteiger partial charge in [-0.05, 0) is 18.9 Å². The van der Waals surface area contributed by atoms with Gasteiger partial charge in [0.2, 0.25) is 5.91 Å². The van der Waals surface area contributed by atoms with E-state index in [0.717, 1.165) is 36.4 Å². The summed E-state index contributed by atoms with van der Waals surface area (Å²) in [4.78, 5) is 11.5. The lowest BCUT2D eigenvalue weighted by Gasteiger charge is -2.21. The van der Waals surface area contributed by atoms with E-state index < -0.39 is 0 Å². The topological polar surface area (TPSA) is 59.6 Å². The fourth-order valence-electron chi connectivity index (χ4n) is 2.26. The van der Waals surface area contributed by atoms with E-state index in [1.807, 2.05) is 18.2 Å². The summed E-state index contributed by atoms with van der Waals surface area (Å²) < 4.78 is 11.2. The molecular formula is C15H20N2O3. The first-order chi connectivity index (χ1) is 9.84. The van der Waals surface area contributed by atoms with Crippen LogP contribution in [0.5, 0.6) is 11.5 Å². The van der Waals surface area contributed by atoms with Crippen LogP contribution in [-0.2, 0) is 11.3 Å². The molecule has 5 nitrogen and oxygen atoms in total. The molecular weight excluding hydrogens is 256 g/mol. The van der Waals surface area contributed by atoms with E-state index in [2.05, 4.69) is 10.6 Å². The molecule has 2 aliphatic rings. The number of benzene rings is 1. The third-order valence-corrected chi connectivity index (χ3v) is 3.51. The van der Waals surface area contributed by atoms with E-state index in [-0.39, 0.29) is 11.8 Å². The third kappa shape index (κ3) is 3.22. The molecule has 0 bridgehead atoms. The highest BCUT2D eigenvalue weighted by molar-refractivity contribution is 5.80. The maximum Gasteiger partial charge on any atom is 0.223 e. The van der Waals surface area contributed by atoms with Crippen molar-refractivity contribution in [2.75, 3.05) is 26.3 Å². The minimum atomic E-state index is 0.195. The van der Waals surface area contributed by atoms with Crippen molar-refractivity contribution in [1.29, 1.82) is 0 Å². The largest absolute Gasteiger partial charge is 0.486 e. The lowest BCUT2D eigenvalue weighted by atomic mass is 10.1. The summed E-state index contributed by atoms with van der Waals surface area (Å²) in [5.41, 5.74) is 1.09. The Hall–Kier alpha value is -1.75. The van der Waals surface area contributed by atoms with Crippen LogP contribution in [0.2, 0.25) is 0 Å². The number of carbonyl (C=O) groups excluding carboxylic acids is 1. The molecule has 0 radical (unpaired) electrons. The molecule has 5 heteroatoms. The molecule has 3 rings (SSSR count). The Morgan fingerprint density at radius 1 is 1.20 bits per heavy atom. The SMILES string of the molecule is O=C(NCCNCc1cccc2c1OCCO2)C1CC1. The number of carbonyl (C=O) groups is 1. The third-order valence-electron chi connectivity index (χ3n) is 3.51. The number of hydrogen-bond acceptors (Lipinski definition) is 4. The standard InChI is InChI=1S/C15H20N2O3/c18-15(11-4-5-11)17-7-6-16-10-12-2-1-3-13-14(12)20-9-8-19-13/h1-3,11,16H,4-10H2,(H,17,18). The molecule has 1 aliphatic heterocycles. The second kappa shape index (κ2) is 6.13. The van der Waals surface area contributed by atoms with E-state index >= 15 is 0 Å². The Labute approximate surface area is 118 Å². The van der Waals surface area contributed by atoms with E-state index in [0.29, 0.717) is 26.3 Å². The van der Waals surface area contributed by atoms with E-state index in [1.54, 1.807) is 0 Å². The summed E-state index contributed by atoms with van der Waals surface area (Å²) >= 11 is 0. The summed E-state index contributed by atoms with van der Waals surface area (Å²) in [5.74, 6) is 2.13. The van der Waals surface area contributed by atoms with Crippen LogP contribution >= 0.6 is 0 Å². The van der Waals surface area contributed by atoms with Crippen LogP contribution in [0.25, 0.3) is 0 Å². The van der Waals surface area contributed by atoms with Crippen LogP contribution in [0.3, 0.4) is 0 Å². The fourth-order valence-corrected chi connectivity index (χ4v) is 2.26. The highest BCUT2D eigenvalue weighted by atomic mass is 16.6. The van der Waals surface area contributed by atoms with Crippen molar-refractivity contribution < 1.29 is 14.3 Å². The molecule has 1 saturated carbocycles. The van der Waals surface area contributed by atoms with E-state index in [4.69, 9.17) is 9.47 Å². The molecule has 1 aliphatic carbocycles. The minimum absolute atomic E-state index is 0.195. The minimum Gasteiger partial charge on any atom is -0.486 e. The molecule has 1 heterocycles. The Bertz CT molecular complexity index is 486. The van der Waals surface area contributed by atoms with Gasteiger partial charge in [-0.2, -0.15) is 0 Å². The van der Waals surface area contributed by atoms with Crippen molar-refractivity contribution in [2.45, 2.75) is 19.4 Å². The number of ether oxygens (including phenoxy) is 2. The lowest BCUT2D eigenvalue weighted by molar-refractivity contribution is -0.122. The number of nitrogens with one attached hydrogen (secondary N) is 2. The van der Waals surface area contributed by atoms with Crippen LogP contribution < -0.4 is 20.1 Å². The fraction of sp³-hybridized carbons (Fsp3) is 0.533. The van der Waals surface area contributed by atoms with Crippen molar-refractivity contribution in [3.63, 3.8) is 0 Å². The predicted molar refractivity (Wildman–Crippen MR) is 74.9 cm³/mol. The molecule has 1 fully saturated rings. The van der Waals surface area contributed by atoms with Gasteiger partial charge in [0.15, 0.2) is 11.5 Å². The van der Waals surface area contributed by atoms with Crippen LogP contribution in [0.15, 0.2) is 18.2 Å². The van der Waals surface area contributed by atoms with Gasteiger partial charge in [0.1, 0.15) is 13.2 Å². The first-order valence-corrected chi connectivity index (χ1v) is 7.20. The second-order valence-electron chi connectivity index (χ2n) is 5.18. The molecule has 0 unspecified atom stereocenters. The molecule has 108 valence electrons. The number of fused-ring (bicyclic) bond motifs is 1. The van der Waals surface area contributed by atoms with Gasteiger partial charge in [0.05, 0.1) is 0 Å². The van der Waals surface area contributed by atoms with Crippen molar-refractivity contribution >= 4 is 5.91 Å². The lowest BCUT2D eigenvalue weighted by Crippen LogP contribution is -2.32. The number of rotatable bonds is 6. The Morgan fingerprint density at radius 2 is 2.05 bits per heavy atom. The molecule has 1 aromatic rings. The number of amides is 1. The summed E-state index contributed by atoms with van der Waals surface area (Å²) in [6.45, 7) is 3.34. The molecule has 2 N–H and O–H groups in total. The van der Waals surface area contributed by atoms with Gasteiger partial charge >= 0.3 is 0 Å². The molecule has 0 atom stereocenters. The van der Waals surface area contributed by atoms with Crippen molar-refractivity contribution in [2.24, 2.45) is 5.92 Å². The van der Waals surface area contributed by atoms with E-state index in [9.17, 15) is 4.79 Å². The summed E-state index contributed by atoms with van der Waals surface area (Å²) in [6, 6.07) is 5.93. The molecule has 1 amide bonds. The normalized spacial score (nSPS) is 16.8. The van der Waals surface area contributed by atoms with Crippen molar-refractivity contribution in [3.05, 3.63) is 23.8 Å². The average Bonchev–Trinajstić information content (AvgIpc) is 3.31. The van der Waals surface area contributed by atoms with Gasteiger partial charge in [-0.15, -0.1) is 0 Å². The summed E-state index contributed by atoms with van der Waals surface area (Å²) in [6.07, 6.45) is 2.10. The van der Waals surface area contributed by atoms with Gasteiger partial charge in [-0.1, -0.05) is 12.1 Å². The smallest absolute Gasteiger partial charge is 0.223 e. The van der Waals surface area contributed by atoms with E-state index in [1.165, 1.54) is 0 Å². The number of para-hydroxylation sites is 1. The second-order valence-corrected chi connectivity index (χ2v) is 5.18. The Balaban J connectivity index is 1.43. The molecule has 1 aromatic carbocycles. The van der Waals surface area contributed by atoms with Crippen LogP contribution in [0.1, 0.15) is 18.4 Å². The highest BCUT2D eigenvalue weighted by Gasteiger charge is 2.28. The quantitative estimate of drug-likeness (QED) is 0.763. The zero-order valence-corrected chi connectivity index (χ0v) is 11.5. The molecule has 20 heavy (non-hydrogen) atoms. The summed E-state index contributed by atoms with van der Waals surface area (Å²) in [7, 11) is 0. The Morgan fingerprint density at radius 3 is 2.90 bits per heavy atom. The monoisotopic (exact) mass is 276 g/mol. The highest BCUT2D eigenvalue weighted by Crippen LogP contribution is 2.33. The first kappa shape index (κ1) is 13.2. The zero-order chi connectivity index (χ0) is 13.8. The summed E-state index contributed by atoms with van der Waals surface area (Å²) in [5, 5.41) is 6.25.